The minimum Gasteiger partial charge on any atom is -0.316 e. The van der Waals surface area contributed by atoms with Crippen LogP contribution >= 0.6 is 0 Å². The van der Waals surface area contributed by atoms with Crippen LogP contribution in [0.2, 0.25) is 0 Å². The predicted octanol–water partition coefficient (Wildman–Crippen LogP) is 2.17. The van der Waals surface area contributed by atoms with Gasteiger partial charge in [-0.1, -0.05) is 48.5 Å². The zero-order chi connectivity index (χ0) is 15.5. The molecule has 2 aromatic heterocycles. The molecule has 4 rings (SSSR count). The molecule has 0 fully saturated rings. The van der Waals surface area contributed by atoms with E-state index in [9.17, 15) is 0 Å². The molecule has 1 N–H and O–H groups in total. The fraction of sp³-hybridized carbons (Fsp3) is 0.0625. The summed E-state index contributed by atoms with van der Waals surface area (Å²) in [7, 11) is 0. The molecule has 0 aliphatic heterocycles. The second-order valence-electron chi connectivity index (χ2n) is 5.11. The first-order valence-corrected chi connectivity index (χ1v) is 7.15. The maximum atomic E-state index is 4.08. The van der Waals surface area contributed by atoms with Crippen molar-refractivity contribution in [1.82, 2.24) is 35.4 Å². The molecule has 0 radical (unpaired) electrons. The van der Waals surface area contributed by atoms with Crippen LogP contribution in [0.3, 0.4) is 0 Å². The summed E-state index contributed by atoms with van der Waals surface area (Å²) in [5.41, 5.74) is 4.32. The molecular weight excluding hydrogens is 290 g/mol. The highest BCUT2D eigenvalue weighted by Crippen LogP contribution is 2.29. The van der Waals surface area contributed by atoms with Crippen LogP contribution in [-0.4, -0.2) is 35.4 Å². The summed E-state index contributed by atoms with van der Waals surface area (Å²) >= 11 is 0. The van der Waals surface area contributed by atoms with Gasteiger partial charge in [-0.25, -0.2) is 0 Å². The smallest absolute Gasteiger partial charge is 0.205 e. The van der Waals surface area contributed by atoms with Gasteiger partial charge in [0.1, 0.15) is 12.7 Å². The molecule has 23 heavy (non-hydrogen) atoms. The van der Waals surface area contributed by atoms with E-state index >= 15 is 0 Å². The third kappa shape index (κ3) is 2.71. The first-order chi connectivity index (χ1) is 11.4. The molecular formula is C16H13N7. The van der Waals surface area contributed by atoms with Crippen LogP contribution in [0, 0.1) is 0 Å². The van der Waals surface area contributed by atoms with Gasteiger partial charge in [-0.05, 0) is 21.9 Å². The summed E-state index contributed by atoms with van der Waals surface area (Å²) in [4.78, 5) is 0. The molecule has 0 aliphatic rings. The van der Waals surface area contributed by atoms with Crippen molar-refractivity contribution in [1.29, 1.82) is 0 Å². The van der Waals surface area contributed by atoms with Crippen molar-refractivity contribution in [3.63, 3.8) is 0 Å². The Hall–Kier alpha value is -3.35. The molecule has 0 bridgehead atoms. The van der Waals surface area contributed by atoms with Gasteiger partial charge in [0.15, 0.2) is 0 Å². The average molecular weight is 303 g/mol. The molecule has 2 aromatic carbocycles. The Labute approximate surface area is 132 Å². The molecule has 0 aliphatic carbocycles. The van der Waals surface area contributed by atoms with Gasteiger partial charge in [0.2, 0.25) is 5.82 Å². The molecule has 0 saturated carbocycles. The first-order valence-electron chi connectivity index (χ1n) is 7.15. The number of benzene rings is 2. The van der Waals surface area contributed by atoms with Gasteiger partial charge in [0, 0.05) is 12.1 Å². The van der Waals surface area contributed by atoms with Gasteiger partial charge in [0.05, 0.1) is 0 Å². The normalized spacial score (nSPS) is 10.8. The Balaban J connectivity index is 1.66. The van der Waals surface area contributed by atoms with E-state index in [1.54, 1.807) is 12.7 Å². The third-order valence-electron chi connectivity index (χ3n) is 3.61. The standard InChI is InChI=1S/C16H13N7/c1-2-4-15(16-19-21-22-20-16)14(3-1)13-7-5-12(6-8-13)9-23-10-17-18-11-23/h1-8,10-11H,9H2,(H,19,20,21,22). The van der Waals surface area contributed by atoms with Crippen molar-refractivity contribution in [3.05, 3.63) is 66.7 Å². The largest absolute Gasteiger partial charge is 0.316 e. The van der Waals surface area contributed by atoms with Crippen molar-refractivity contribution >= 4 is 0 Å². The molecule has 112 valence electrons. The number of rotatable bonds is 4. The fourth-order valence-corrected chi connectivity index (χ4v) is 2.51. The zero-order valence-corrected chi connectivity index (χ0v) is 12.2. The summed E-state index contributed by atoms with van der Waals surface area (Å²) in [5.74, 6) is 0.592. The summed E-state index contributed by atoms with van der Waals surface area (Å²) in [5, 5.41) is 21.9. The van der Waals surface area contributed by atoms with Gasteiger partial charge in [0.25, 0.3) is 0 Å². The quantitative estimate of drug-likeness (QED) is 0.624. The maximum absolute atomic E-state index is 4.08. The summed E-state index contributed by atoms with van der Waals surface area (Å²) in [6.07, 6.45) is 3.42. The summed E-state index contributed by atoms with van der Waals surface area (Å²) in [6, 6.07) is 16.4. The fourth-order valence-electron chi connectivity index (χ4n) is 2.51. The number of aromatic amines is 1. The number of H-pyrrole nitrogens is 1. The molecule has 0 atom stereocenters. The monoisotopic (exact) mass is 303 g/mol. The van der Waals surface area contributed by atoms with Crippen LogP contribution in [0.4, 0.5) is 0 Å². The van der Waals surface area contributed by atoms with Crippen molar-refractivity contribution in [2.24, 2.45) is 0 Å². The Bertz CT molecular complexity index is 881. The van der Waals surface area contributed by atoms with Crippen molar-refractivity contribution < 1.29 is 0 Å². The second kappa shape index (κ2) is 5.80. The van der Waals surface area contributed by atoms with Gasteiger partial charge < -0.3 is 4.57 Å². The van der Waals surface area contributed by atoms with Gasteiger partial charge in [-0.3, -0.25) is 0 Å². The highest BCUT2D eigenvalue weighted by molar-refractivity contribution is 5.80. The molecule has 7 nitrogen and oxygen atoms in total. The molecule has 2 heterocycles. The van der Waals surface area contributed by atoms with Gasteiger partial charge in [-0.15, -0.1) is 20.4 Å². The number of nitrogens with one attached hydrogen (secondary N) is 1. The molecule has 0 spiro atoms. The first kappa shape index (κ1) is 13.3. The second-order valence-corrected chi connectivity index (χ2v) is 5.11. The van der Waals surface area contributed by atoms with Gasteiger partial charge in [-0.2, -0.15) is 5.21 Å². The van der Waals surface area contributed by atoms with Crippen molar-refractivity contribution in [2.75, 3.05) is 0 Å². The Kier molecular flexibility index (Phi) is 3.36. The highest BCUT2D eigenvalue weighted by atomic mass is 15.5. The van der Waals surface area contributed by atoms with Crippen LogP contribution in [-0.2, 0) is 6.54 Å². The van der Waals surface area contributed by atoms with Crippen LogP contribution in [0.1, 0.15) is 5.56 Å². The lowest BCUT2D eigenvalue weighted by Gasteiger charge is -2.08. The molecule has 0 unspecified atom stereocenters. The Morgan fingerprint density at radius 2 is 1.61 bits per heavy atom. The lowest BCUT2D eigenvalue weighted by Crippen LogP contribution is -1.96. The summed E-state index contributed by atoms with van der Waals surface area (Å²) < 4.78 is 1.93. The maximum Gasteiger partial charge on any atom is 0.205 e. The number of nitrogens with zero attached hydrogens (tertiary/aromatic N) is 6. The zero-order valence-electron chi connectivity index (χ0n) is 12.2. The van der Waals surface area contributed by atoms with Gasteiger partial charge >= 0.3 is 0 Å². The number of aromatic nitrogens is 7. The topological polar surface area (TPSA) is 85.2 Å². The number of tetrazole rings is 1. The van der Waals surface area contributed by atoms with E-state index < -0.39 is 0 Å². The van der Waals surface area contributed by atoms with E-state index in [2.05, 4.69) is 61.2 Å². The molecule has 0 saturated heterocycles. The number of hydrogen-bond donors (Lipinski definition) is 1. The Morgan fingerprint density at radius 1 is 0.870 bits per heavy atom. The SMILES string of the molecule is c1ccc(-c2nn[nH]n2)c(-c2ccc(Cn3cnnc3)cc2)c1. The Morgan fingerprint density at radius 3 is 2.30 bits per heavy atom. The van der Waals surface area contributed by atoms with E-state index in [0.717, 1.165) is 23.2 Å². The van der Waals surface area contributed by atoms with Crippen LogP contribution in [0.25, 0.3) is 22.5 Å². The van der Waals surface area contributed by atoms with E-state index in [0.29, 0.717) is 5.82 Å². The lowest BCUT2D eigenvalue weighted by atomic mass is 9.98. The molecule has 4 aromatic rings. The van der Waals surface area contributed by atoms with Crippen LogP contribution < -0.4 is 0 Å². The predicted molar refractivity (Wildman–Crippen MR) is 84.2 cm³/mol. The summed E-state index contributed by atoms with van der Waals surface area (Å²) in [6.45, 7) is 0.750. The van der Waals surface area contributed by atoms with E-state index in [-0.39, 0.29) is 0 Å². The molecule has 0 amide bonds. The van der Waals surface area contributed by atoms with E-state index in [1.807, 2.05) is 22.8 Å². The minimum atomic E-state index is 0.592. The average Bonchev–Trinajstić information content (AvgIpc) is 3.29. The minimum absolute atomic E-state index is 0.592. The van der Waals surface area contributed by atoms with Crippen molar-refractivity contribution in [2.45, 2.75) is 6.54 Å². The molecule has 7 heteroatoms. The van der Waals surface area contributed by atoms with Crippen molar-refractivity contribution in [3.8, 4) is 22.5 Å². The van der Waals surface area contributed by atoms with E-state index in [4.69, 9.17) is 0 Å². The van der Waals surface area contributed by atoms with Crippen LogP contribution in [0.15, 0.2) is 61.2 Å². The lowest BCUT2D eigenvalue weighted by molar-refractivity contribution is 0.794. The van der Waals surface area contributed by atoms with E-state index in [1.165, 1.54) is 5.56 Å². The van der Waals surface area contributed by atoms with Crippen LogP contribution in [0.5, 0.6) is 0 Å². The highest BCUT2D eigenvalue weighted by Gasteiger charge is 2.10. The third-order valence-corrected chi connectivity index (χ3v) is 3.61. The number of hydrogen-bond acceptors (Lipinski definition) is 5.